The highest BCUT2D eigenvalue weighted by Crippen LogP contribution is 2.35. The molecule has 2 amide bonds. The van der Waals surface area contributed by atoms with Gasteiger partial charge in [-0.3, -0.25) is 14.8 Å². The molecule has 1 aliphatic rings. The van der Waals surface area contributed by atoms with Crippen LogP contribution in [0.3, 0.4) is 0 Å². The zero-order valence-electron chi connectivity index (χ0n) is 12.3. The van der Waals surface area contributed by atoms with Crippen LogP contribution in [-0.4, -0.2) is 30.9 Å². The Balaban J connectivity index is 1.80. The summed E-state index contributed by atoms with van der Waals surface area (Å²) in [7, 11) is 1.65. The van der Waals surface area contributed by atoms with Gasteiger partial charge in [0, 0.05) is 29.9 Å². The molecule has 23 heavy (non-hydrogen) atoms. The van der Waals surface area contributed by atoms with Crippen molar-refractivity contribution in [3.63, 3.8) is 0 Å². The topological polar surface area (TPSA) is 88.1 Å². The minimum atomic E-state index is -0.631. The summed E-state index contributed by atoms with van der Waals surface area (Å²) in [6.45, 7) is 0.171. The third-order valence-corrected chi connectivity index (χ3v) is 3.54. The second kappa shape index (κ2) is 5.98. The lowest BCUT2D eigenvalue weighted by Gasteiger charge is -2.18. The van der Waals surface area contributed by atoms with Crippen LogP contribution in [0.25, 0.3) is 0 Å². The predicted octanol–water partition coefficient (Wildman–Crippen LogP) is 1.81. The molecule has 1 heterocycles. The lowest BCUT2D eigenvalue weighted by atomic mass is 10.1. The van der Waals surface area contributed by atoms with Gasteiger partial charge in [-0.15, -0.1) is 0 Å². The highest BCUT2D eigenvalue weighted by atomic mass is 16.7. The maximum atomic E-state index is 12.5. The van der Waals surface area contributed by atoms with Gasteiger partial charge in [0.15, 0.2) is 11.5 Å². The van der Waals surface area contributed by atoms with Crippen LogP contribution < -0.4 is 19.9 Å². The van der Waals surface area contributed by atoms with E-state index in [1.165, 1.54) is 29.2 Å². The number of nitrogens with one attached hydrogen (secondary N) is 1. The van der Waals surface area contributed by atoms with Gasteiger partial charge in [0.05, 0.1) is 0 Å². The monoisotopic (exact) mass is 314 g/mol. The van der Waals surface area contributed by atoms with Gasteiger partial charge in [0.1, 0.15) is 0 Å². The van der Waals surface area contributed by atoms with Crippen molar-refractivity contribution in [1.82, 2.24) is 5.48 Å². The molecule has 0 saturated heterocycles. The van der Waals surface area contributed by atoms with E-state index in [4.69, 9.17) is 14.7 Å². The Labute approximate surface area is 132 Å². The van der Waals surface area contributed by atoms with E-state index < -0.39 is 5.91 Å². The Hall–Kier alpha value is -3.06. The van der Waals surface area contributed by atoms with E-state index in [1.54, 1.807) is 30.7 Å². The van der Waals surface area contributed by atoms with Crippen LogP contribution in [0.4, 0.5) is 5.69 Å². The number of nitrogens with zero attached hydrogens (tertiary/aromatic N) is 1. The average Bonchev–Trinajstić information content (AvgIpc) is 3.07. The molecular weight excluding hydrogens is 300 g/mol. The molecule has 7 nitrogen and oxygen atoms in total. The van der Waals surface area contributed by atoms with Crippen LogP contribution in [0.2, 0.25) is 0 Å². The molecule has 0 aromatic heterocycles. The summed E-state index contributed by atoms with van der Waals surface area (Å²) in [5.41, 5.74) is 2.88. The first kappa shape index (κ1) is 14.9. The molecule has 0 unspecified atom stereocenters. The summed E-state index contributed by atoms with van der Waals surface area (Å²) in [5.74, 6) is 0.374. The maximum Gasteiger partial charge on any atom is 0.274 e. The largest absolute Gasteiger partial charge is 0.454 e. The normalized spacial score (nSPS) is 11.9. The third-order valence-electron chi connectivity index (χ3n) is 3.54. The summed E-state index contributed by atoms with van der Waals surface area (Å²) >= 11 is 0. The van der Waals surface area contributed by atoms with Crippen LogP contribution >= 0.6 is 0 Å². The predicted molar refractivity (Wildman–Crippen MR) is 81.0 cm³/mol. The van der Waals surface area contributed by atoms with Crippen molar-refractivity contribution in [2.75, 3.05) is 18.7 Å². The molecule has 0 aliphatic carbocycles. The number of hydrogen-bond donors (Lipinski definition) is 2. The van der Waals surface area contributed by atoms with Crippen molar-refractivity contribution < 1.29 is 24.3 Å². The van der Waals surface area contributed by atoms with E-state index in [9.17, 15) is 9.59 Å². The quantitative estimate of drug-likeness (QED) is 0.666. The molecule has 0 atom stereocenters. The molecule has 0 fully saturated rings. The van der Waals surface area contributed by atoms with E-state index in [1.807, 2.05) is 0 Å². The van der Waals surface area contributed by atoms with Gasteiger partial charge < -0.3 is 14.4 Å². The van der Waals surface area contributed by atoms with Crippen LogP contribution in [0.15, 0.2) is 42.5 Å². The standard InChI is InChI=1S/C16H14N2O5/c1-18(12-6-7-13-14(8-12)23-9-22-13)16(20)11-4-2-10(3-5-11)15(19)17-21/h2-8,21H,9H2,1H3,(H,17,19). The van der Waals surface area contributed by atoms with Gasteiger partial charge >= 0.3 is 0 Å². The van der Waals surface area contributed by atoms with Gasteiger partial charge in [-0.1, -0.05) is 0 Å². The van der Waals surface area contributed by atoms with Gasteiger partial charge in [-0.25, -0.2) is 5.48 Å². The van der Waals surface area contributed by atoms with E-state index >= 15 is 0 Å². The number of benzene rings is 2. The van der Waals surface area contributed by atoms with Gasteiger partial charge in [-0.05, 0) is 36.4 Å². The highest BCUT2D eigenvalue weighted by molar-refractivity contribution is 6.06. The number of fused-ring (bicyclic) bond motifs is 1. The number of amides is 2. The summed E-state index contributed by atoms with van der Waals surface area (Å²) in [6, 6.07) is 11.2. The molecule has 2 aromatic carbocycles. The minimum Gasteiger partial charge on any atom is -0.454 e. The fraction of sp³-hybridized carbons (Fsp3) is 0.125. The lowest BCUT2D eigenvalue weighted by molar-refractivity contribution is 0.0706. The Bertz CT molecular complexity index is 758. The van der Waals surface area contributed by atoms with Crippen molar-refractivity contribution in [2.45, 2.75) is 0 Å². The SMILES string of the molecule is CN(C(=O)c1ccc(C(=O)NO)cc1)c1ccc2c(c1)OCO2. The number of carbonyl (C=O) groups excluding carboxylic acids is 2. The van der Waals surface area contributed by atoms with Gasteiger partial charge in [-0.2, -0.15) is 0 Å². The fourth-order valence-electron chi connectivity index (χ4n) is 2.23. The molecule has 0 saturated carbocycles. The number of hydroxylamine groups is 1. The molecule has 2 aromatic rings. The zero-order valence-corrected chi connectivity index (χ0v) is 12.3. The molecule has 2 N–H and O–H groups in total. The molecule has 0 bridgehead atoms. The first-order chi connectivity index (χ1) is 11.1. The molecule has 1 aliphatic heterocycles. The molecule has 7 heteroatoms. The number of ether oxygens (including phenoxy) is 2. The van der Waals surface area contributed by atoms with Crippen LogP contribution in [0.1, 0.15) is 20.7 Å². The second-order valence-corrected chi connectivity index (χ2v) is 4.92. The van der Waals surface area contributed by atoms with Crippen LogP contribution in [-0.2, 0) is 0 Å². The maximum absolute atomic E-state index is 12.5. The first-order valence-corrected chi connectivity index (χ1v) is 6.82. The smallest absolute Gasteiger partial charge is 0.274 e. The summed E-state index contributed by atoms with van der Waals surface area (Å²) in [6.07, 6.45) is 0. The molecular formula is C16H14N2O5. The number of rotatable bonds is 3. The van der Waals surface area contributed by atoms with Gasteiger partial charge in [0.2, 0.25) is 6.79 Å². The summed E-state index contributed by atoms with van der Waals surface area (Å²) in [4.78, 5) is 25.3. The van der Waals surface area contributed by atoms with Gasteiger partial charge in [0.25, 0.3) is 11.8 Å². The number of hydrogen-bond acceptors (Lipinski definition) is 5. The number of carbonyl (C=O) groups is 2. The molecule has 0 spiro atoms. The van der Waals surface area contributed by atoms with Crippen molar-refractivity contribution in [3.05, 3.63) is 53.6 Å². The Morgan fingerprint density at radius 2 is 1.70 bits per heavy atom. The van der Waals surface area contributed by atoms with Crippen LogP contribution in [0.5, 0.6) is 11.5 Å². The second-order valence-electron chi connectivity index (χ2n) is 4.92. The van der Waals surface area contributed by atoms with Crippen molar-refractivity contribution in [1.29, 1.82) is 0 Å². The van der Waals surface area contributed by atoms with E-state index in [-0.39, 0.29) is 18.3 Å². The first-order valence-electron chi connectivity index (χ1n) is 6.82. The molecule has 0 radical (unpaired) electrons. The van der Waals surface area contributed by atoms with Crippen LogP contribution in [0, 0.1) is 0 Å². The summed E-state index contributed by atoms with van der Waals surface area (Å²) < 4.78 is 10.5. The van der Waals surface area contributed by atoms with Crippen molar-refractivity contribution in [2.24, 2.45) is 0 Å². The molecule has 3 rings (SSSR count). The number of anilines is 1. The average molecular weight is 314 g/mol. The fourth-order valence-corrected chi connectivity index (χ4v) is 2.23. The minimum absolute atomic E-state index is 0.171. The lowest BCUT2D eigenvalue weighted by Crippen LogP contribution is -2.26. The van der Waals surface area contributed by atoms with Crippen molar-refractivity contribution >= 4 is 17.5 Å². The van der Waals surface area contributed by atoms with E-state index in [0.29, 0.717) is 22.7 Å². The zero-order chi connectivity index (χ0) is 16.4. The Morgan fingerprint density at radius 1 is 1.04 bits per heavy atom. The highest BCUT2D eigenvalue weighted by Gasteiger charge is 2.18. The Kier molecular flexibility index (Phi) is 3.86. The van der Waals surface area contributed by atoms with Crippen molar-refractivity contribution in [3.8, 4) is 11.5 Å². The molecule has 118 valence electrons. The Morgan fingerprint density at radius 3 is 2.39 bits per heavy atom. The summed E-state index contributed by atoms with van der Waals surface area (Å²) in [5, 5.41) is 8.58. The van der Waals surface area contributed by atoms with E-state index in [2.05, 4.69) is 0 Å². The third kappa shape index (κ3) is 2.82. The van der Waals surface area contributed by atoms with E-state index in [0.717, 1.165) is 0 Å².